The molecule has 0 aliphatic carbocycles. The summed E-state index contributed by atoms with van der Waals surface area (Å²) in [7, 11) is 1.33. The maximum Gasteiger partial charge on any atom is 0.376 e. The number of methoxy groups -OCH3 is 1. The van der Waals surface area contributed by atoms with E-state index in [-0.39, 0.29) is 5.82 Å². The molecule has 1 aliphatic heterocycles. The van der Waals surface area contributed by atoms with E-state index in [1.54, 1.807) is 0 Å². The molecule has 0 bridgehead atoms. The molecule has 19 heavy (non-hydrogen) atoms. The van der Waals surface area contributed by atoms with Gasteiger partial charge in [-0.05, 0) is 38.8 Å². The first-order valence-corrected chi connectivity index (χ1v) is 6.57. The summed E-state index contributed by atoms with van der Waals surface area (Å²) in [6.07, 6.45) is 2.34. The van der Waals surface area contributed by atoms with Crippen molar-refractivity contribution < 1.29 is 9.53 Å². The Morgan fingerprint density at radius 1 is 1.47 bits per heavy atom. The van der Waals surface area contributed by atoms with Crippen molar-refractivity contribution in [3.8, 4) is 0 Å². The molecule has 6 nitrogen and oxygen atoms in total. The zero-order valence-corrected chi connectivity index (χ0v) is 11.4. The first-order chi connectivity index (χ1) is 9.19. The lowest BCUT2D eigenvalue weighted by Gasteiger charge is -2.23. The van der Waals surface area contributed by atoms with Gasteiger partial charge in [-0.25, -0.2) is 14.8 Å². The van der Waals surface area contributed by atoms with Crippen molar-refractivity contribution in [1.29, 1.82) is 0 Å². The smallest absolute Gasteiger partial charge is 0.376 e. The zero-order chi connectivity index (χ0) is 13.7. The minimum atomic E-state index is -0.506. The first-order valence-electron chi connectivity index (χ1n) is 6.57. The van der Waals surface area contributed by atoms with E-state index in [1.807, 2.05) is 13.0 Å². The van der Waals surface area contributed by atoms with E-state index in [0.29, 0.717) is 11.7 Å². The van der Waals surface area contributed by atoms with E-state index >= 15 is 0 Å². The van der Waals surface area contributed by atoms with Crippen molar-refractivity contribution in [3.05, 3.63) is 17.6 Å². The maximum atomic E-state index is 11.4. The van der Waals surface area contributed by atoms with Gasteiger partial charge in [-0.15, -0.1) is 0 Å². The van der Waals surface area contributed by atoms with Crippen LogP contribution in [-0.2, 0) is 4.74 Å². The third kappa shape index (κ3) is 3.89. The highest BCUT2D eigenvalue weighted by Crippen LogP contribution is 2.13. The fourth-order valence-electron chi connectivity index (χ4n) is 2.18. The number of rotatable bonds is 4. The first kappa shape index (κ1) is 13.7. The molecule has 0 radical (unpaired) electrons. The summed E-state index contributed by atoms with van der Waals surface area (Å²) >= 11 is 0. The van der Waals surface area contributed by atoms with Crippen LogP contribution in [0.25, 0.3) is 0 Å². The minimum Gasteiger partial charge on any atom is -0.463 e. The van der Waals surface area contributed by atoms with Gasteiger partial charge in [0, 0.05) is 18.3 Å². The van der Waals surface area contributed by atoms with Gasteiger partial charge in [0.15, 0.2) is 0 Å². The molecule has 6 heteroatoms. The number of carbonyl (C=O) groups is 1. The molecule has 2 heterocycles. The number of aryl methyl sites for hydroxylation is 1. The van der Waals surface area contributed by atoms with E-state index in [1.165, 1.54) is 20.0 Å². The predicted octanol–water partition coefficient (Wildman–Crippen LogP) is 0.983. The normalized spacial score (nSPS) is 16.1. The van der Waals surface area contributed by atoms with Gasteiger partial charge in [-0.2, -0.15) is 0 Å². The number of anilines is 1. The molecule has 0 unspecified atom stereocenters. The molecule has 2 N–H and O–H groups in total. The second-order valence-corrected chi connectivity index (χ2v) is 4.78. The van der Waals surface area contributed by atoms with E-state index in [0.717, 1.165) is 25.3 Å². The van der Waals surface area contributed by atoms with Crippen LogP contribution in [0, 0.1) is 12.8 Å². The Bertz CT molecular complexity index is 444. The number of aromatic nitrogens is 2. The van der Waals surface area contributed by atoms with Crippen LogP contribution in [0.2, 0.25) is 0 Å². The standard InChI is InChI=1S/C13H20N4O2/c1-9-7-11(17-12(16-9)13(18)19-2)15-8-10-3-5-14-6-4-10/h7,10,14H,3-6,8H2,1-2H3,(H,15,16,17). The van der Waals surface area contributed by atoms with Crippen LogP contribution in [0.5, 0.6) is 0 Å². The van der Waals surface area contributed by atoms with Crippen LogP contribution < -0.4 is 10.6 Å². The van der Waals surface area contributed by atoms with Crippen LogP contribution >= 0.6 is 0 Å². The lowest BCUT2D eigenvalue weighted by Crippen LogP contribution is -2.31. The number of nitrogens with one attached hydrogen (secondary N) is 2. The second-order valence-electron chi connectivity index (χ2n) is 4.78. The Balaban J connectivity index is 1.99. The van der Waals surface area contributed by atoms with Gasteiger partial charge in [-0.3, -0.25) is 0 Å². The average molecular weight is 264 g/mol. The topological polar surface area (TPSA) is 76.1 Å². The van der Waals surface area contributed by atoms with Crippen molar-refractivity contribution in [2.24, 2.45) is 5.92 Å². The number of esters is 1. The maximum absolute atomic E-state index is 11.4. The highest BCUT2D eigenvalue weighted by Gasteiger charge is 2.14. The number of hydrogen-bond donors (Lipinski definition) is 2. The van der Waals surface area contributed by atoms with Gasteiger partial charge in [0.05, 0.1) is 7.11 Å². The number of hydrogen-bond acceptors (Lipinski definition) is 6. The Morgan fingerprint density at radius 2 is 2.21 bits per heavy atom. The fourth-order valence-corrected chi connectivity index (χ4v) is 2.18. The summed E-state index contributed by atoms with van der Waals surface area (Å²) in [5, 5.41) is 6.63. The van der Waals surface area contributed by atoms with E-state index in [2.05, 4.69) is 25.3 Å². The summed E-state index contributed by atoms with van der Waals surface area (Å²) in [5.41, 5.74) is 0.753. The van der Waals surface area contributed by atoms with Crippen LogP contribution in [0.3, 0.4) is 0 Å². The lowest BCUT2D eigenvalue weighted by molar-refractivity contribution is 0.0586. The Hall–Kier alpha value is -1.69. The largest absolute Gasteiger partial charge is 0.463 e. The van der Waals surface area contributed by atoms with Gasteiger partial charge in [0.1, 0.15) is 5.82 Å². The van der Waals surface area contributed by atoms with Crippen LogP contribution in [0.4, 0.5) is 5.82 Å². The second kappa shape index (κ2) is 6.47. The summed E-state index contributed by atoms with van der Waals surface area (Å²) in [5.74, 6) is 0.938. The highest BCUT2D eigenvalue weighted by atomic mass is 16.5. The van der Waals surface area contributed by atoms with E-state index in [4.69, 9.17) is 0 Å². The molecule has 2 rings (SSSR count). The molecule has 1 aliphatic rings. The molecule has 0 saturated carbocycles. The fraction of sp³-hybridized carbons (Fsp3) is 0.615. The Labute approximate surface area is 113 Å². The quantitative estimate of drug-likeness (QED) is 0.790. The van der Waals surface area contributed by atoms with Crippen molar-refractivity contribution >= 4 is 11.8 Å². The zero-order valence-electron chi connectivity index (χ0n) is 11.4. The molecule has 0 aromatic carbocycles. The molecule has 0 atom stereocenters. The number of nitrogens with zero attached hydrogens (tertiary/aromatic N) is 2. The number of carbonyl (C=O) groups excluding carboxylic acids is 1. The van der Waals surface area contributed by atoms with Gasteiger partial charge in [0.2, 0.25) is 5.82 Å². The van der Waals surface area contributed by atoms with E-state index < -0.39 is 5.97 Å². The summed E-state index contributed by atoms with van der Waals surface area (Å²) in [6.45, 7) is 4.85. The SMILES string of the molecule is COC(=O)c1nc(C)cc(NCC2CCNCC2)n1. The van der Waals surface area contributed by atoms with Crippen LogP contribution in [0.1, 0.15) is 29.2 Å². The van der Waals surface area contributed by atoms with Crippen molar-refractivity contribution in [3.63, 3.8) is 0 Å². The van der Waals surface area contributed by atoms with Crippen molar-refractivity contribution in [2.45, 2.75) is 19.8 Å². The van der Waals surface area contributed by atoms with E-state index in [9.17, 15) is 4.79 Å². The highest BCUT2D eigenvalue weighted by molar-refractivity contribution is 5.85. The summed E-state index contributed by atoms with van der Waals surface area (Å²) in [4.78, 5) is 19.7. The third-order valence-corrected chi connectivity index (χ3v) is 3.25. The monoisotopic (exact) mass is 264 g/mol. The molecule has 1 aromatic rings. The minimum absolute atomic E-state index is 0.107. The van der Waals surface area contributed by atoms with Crippen molar-refractivity contribution in [2.75, 3.05) is 32.1 Å². The van der Waals surface area contributed by atoms with Crippen molar-refractivity contribution in [1.82, 2.24) is 15.3 Å². The predicted molar refractivity (Wildman–Crippen MR) is 72.2 cm³/mol. The van der Waals surface area contributed by atoms with Gasteiger partial charge in [-0.1, -0.05) is 0 Å². The average Bonchev–Trinajstić information content (AvgIpc) is 2.45. The number of ether oxygens (including phenoxy) is 1. The summed E-state index contributed by atoms with van der Waals surface area (Å²) < 4.78 is 4.64. The Kier molecular flexibility index (Phi) is 4.68. The van der Waals surface area contributed by atoms with Crippen LogP contribution in [0.15, 0.2) is 6.07 Å². The lowest BCUT2D eigenvalue weighted by atomic mass is 9.98. The molecule has 1 fully saturated rings. The molecule has 104 valence electrons. The third-order valence-electron chi connectivity index (χ3n) is 3.25. The molecule has 0 amide bonds. The molecule has 1 aromatic heterocycles. The molecular formula is C13H20N4O2. The summed E-state index contributed by atoms with van der Waals surface area (Å²) in [6, 6.07) is 1.84. The number of piperidine rings is 1. The Morgan fingerprint density at radius 3 is 2.89 bits per heavy atom. The van der Waals surface area contributed by atoms with Gasteiger partial charge < -0.3 is 15.4 Å². The van der Waals surface area contributed by atoms with Crippen LogP contribution in [-0.4, -0.2) is 42.7 Å². The van der Waals surface area contributed by atoms with Gasteiger partial charge in [0.25, 0.3) is 0 Å². The molecule has 0 spiro atoms. The molecular weight excluding hydrogens is 244 g/mol. The molecule has 1 saturated heterocycles. The van der Waals surface area contributed by atoms with Gasteiger partial charge >= 0.3 is 5.97 Å².